The molecule has 0 radical (unpaired) electrons. The van der Waals surface area contributed by atoms with Crippen LogP contribution in [0.15, 0.2) is 24.3 Å². The number of benzene rings is 1. The Hall–Kier alpha value is -1.22. The fourth-order valence-corrected chi connectivity index (χ4v) is 1.58. The minimum absolute atomic E-state index is 0.446. The van der Waals surface area contributed by atoms with Crippen molar-refractivity contribution in [3.8, 4) is 0 Å². The zero-order valence-corrected chi connectivity index (χ0v) is 9.73. The second-order valence-corrected chi connectivity index (χ2v) is 3.87. The molecule has 0 fully saturated rings. The number of rotatable bonds is 5. The summed E-state index contributed by atoms with van der Waals surface area (Å²) < 4.78 is 5.10. The van der Waals surface area contributed by atoms with Crippen LogP contribution in [0.5, 0.6) is 0 Å². The molecule has 84 valence electrons. The molecule has 0 aliphatic heterocycles. The molecule has 0 saturated heterocycles. The Bertz CT molecular complexity index is 299. The fourth-order valence-electron chi connectivity index (χ4n) is 1.58. The molecular formula is C12H20N2O. The maximum absolute atomic E-state index is 5.77. The molecular weight excluding hydrogens is 188 g/mol. The van der Waals surface area contributed by atoms with Gasteiger partial charge >= 0.3 is 0 Å². The van der Waals surface area contributed by atoms with Crippen molar-refractivity contribution in [1.82, 2.24) is 0 Å². The Morgan fingerprint density at radius 3 is 2.67 bits per heavy atom. The standard InChI is InChI=1S/C12H20N2O/c1-10(2)14(7-8-15-3)12-6-4-5-11(13)9-12/h4-6,9-10H,7-8,13H2,1-3H3. The first-order valence-electron chi connectivity index (χ1n) is 5.26. The molecule has 2 N–H and O–H groups in total. The maximum atomic E-state index is 5.77. The molecule has 0 saturated carbocycles. The van der Waals surface area contributed by atoms with Crippen molar-refractivity contribution in [1.29, 1.82) is 0 Å². The molecule has 0 aliphatic carbocycles. The van der Waals surface area contributed by atoms with Gasteiger partial charge in [-0.2, -0.15) is 0 Å². The van der Waals surface area contributed by atoms with Gasteiger partial charge in [0.1, 0.15) is 0 Å². The van der Waals surface area contributed by atoms with E-state index in [0.717, 1.165) is 24.5 Å². The van der Waals surface area contributed by atoms with Crippen molar-refractivity contribution >= 4 is 11.4 Å². The Morgan fingerprint density at radius 2 is 2.13 bits per heavy atom. The van der Waals surface area contributed by atoms with Crippen molar-refractivity contribution in [2.24, 2.45) is 0 Å². The molecule has 3 nitrogen and oxygen atoms in total. The van der Waals surface area contributed by atoms with E-state index in [0.29, 0.717) is 6.04 Å². The molecule has 3 heteroatoms. The Kier molecular flexibility index (Phi) is 4.43. The number of methoxy groups -OCH3 is 1. The zero-order valence-electron chi connectivity index (χ0n) is 9.73. The second-order valence-electron chi connectivity index (χ2n) is 3.87. The maximum Gasteiger partial charge on any atom is 0.0637 e. The predicted molar refractivity (Wildman–Crippen MR) is 65.2 cm³/mol. The quantitative estimate of drug-likeness (QED) is 0.753. The first kappa shape index (κ1) is 11.9. The van der Waals surface area contributed by atoms with Crippen molar-refractivity contribution < 1.29 is 4.74 Å². The molecule has 1 aromatic rings. The number of hydrogen-bond donors (Lipinski definition) is 1. The van der Waals surface area contributed by atoms with Crippen molar-refractivity contribution in [2.45, 2.75) is 19.9 Å². The molecule has 0 aliphatic rings. The smallest absolute Gasteiger partial charge is 0.0637 e. The van der Waals surface area contributed by atoms with Gasteiger partial charge in [-0.25, -0.2) is 0 Å². The van der Waals surface area contributed by atoms with Crippen LogP contribution < -0.4 is 10.6 Å². The van der Waals surface area contributed by atoms with Crippen LogP contribution in [0.2, 0.25) is 0 Å². The molecule has 0 atom stereocenters. The highest BCUT2D eigenvalue weighted by atomic mass is 16.5. The van der Waals surface area contributed by atoms with Gasteiger partial charge in [0.2, 0.25) is 0 Å². The summed E-state index contributed by atoms with van der Waals surface area (Å²) in [5, 5.41) is 0. The lowest BCUT2D eigenvalue weighted by Gasteiger charge is -2.28. The first-order chi connectivity index (χ1) is 7.15. The van der Waals surface area contributed by atoms with Crippen LogP contribution in [-0.2, 0) is 4.74 Å². The van der Waals surface area contributed by atoms with Crippen LogP contribution in [0.1, 0.15) is 13.8 Å². The summed E-state index contributed by atoms with van der Waals surface area (Å²) in [4.78, 5) is 2.28. The predicted octanol–water partition coefficient (Wildman–Crippen LogP) is 2.13. The van der Waals surface area contributed by atoms with Crippen LogP contribution in [0.4, 0.5) is 11.4 Å². The van der Waals surface area contributed by atoms with Gasteiger partial charge in [-0.15, -0.1) is 0 Å². The summed E-state index contributed by atoms with van der Waals surface area (Å²) >= 11 is 0. The molecule has 0 bridgehead atoms. The van der Waals surface area contributed by atoms with E-state index in [2.05, 4.69) is 24.8 Å². The van der Waals surface area contributed by atoms with Gasteiger partial charge in [0.15, 0.2) is 0 Å². The number of nitrogens with zero attached hydrogens (tertiary/aromatic N) is 1. The van der Waals surface area contributed by atoms with Gasteiger partial charge in [-0.3, -0.25) is 0 Å². The molecule has 0 heterocycles. The van der Waals surface area contributed by atoms with Crippen LogP contribution in [0.3, 0.4) is 0 Å². The highest BCUT2D eigenvalue weighted by Gasteiger charge is 2.09. The van der Waals surface area contributed by atoms with Gasteiger partial charge in [0, 0.05) is 31.1 Å². The topological polar surface area (TPSA) is 38.5 Å². The van der Waals surface area contributed by atoms with E-state index >= 15 is 0 Å². The number of anilines is 2. The second kappa shape index (κ2) is 5.61. The summed E-state index contributed by atoms with van der Waals surface area (Å²) in [5.41, 5.74) is 7.72. The number of nitrogens with two attached hydrogens (primary N) is 1. The number of nitrogen functional groups attached to an aromatic ring is 1. The number of hydrogen-bond acceptors (Lipinski definition) is 3. The summed E-state index contributed by atoms with van der Waals surface area (Å²) in [5.74, 6) is 0. The normalized spacial score (nSPS) is 10.7. The largest absolute Gasteiger partial charge is 0.399 e. The van der Waals surface area contributed by atoms with Crippen LogP contribution >= 0.6 is 0 Å². The summed E-state index contributed by atoms with van der Waals surface area (Å²) in [6.45, 7) is 5.95. The van der Waals surface area contributed by atoms with E-state index < -0.39 is 0 Å². The van der Waals surface area contributed by atoms with Gasteiger partial charge < -0.3 is 15.4 Å². The average Bonchev–Trinajstić information content (AvgIpc) is 2.18. The third kappa shape index (κ3) is 3.44. The lowest BCUT2D eigenvalue weighted by Crippen LogP contribution is -2.33. The molecule has 15 heavy (non-hydrogen) atoms. The van der Waals surface area contributed by atoms with Gasteiger partial charge in [0.25, 0.3) is 0 Å². The molecule has 0 aromatic heterocycles. The van der Waals surface area contributed by atoms with E-state index in [1.165, 1.54) is 0 Å². The SMILES string of the molecule is COCCN(c1cccc(N)c1)C(C)C. The van der Waals surface area contributed by atoms with Crippen molar-refractivity contribution in [2.75, 3.05) is 30.9 Å². The molecule has 0 unspecified atom stereocenters. The van der Waals surface area contributed by atoms with Crippen molar-refractivity contribution in [3.63, 3.8) is 0 Å². The summed E-state index contributed by atoms with van der Waals surface area (Å²) in [6.07, 6.45) is 0. The molecule has 0 amide bonds. The van der Waals surface area contributed by atoms with Crippen LogP contribution in [0.25, 0.3) is 0 Å². The van der Waals surface area contributed by atoms with E-state index in [1.807, 2.05) is 18.2 Å². The highest BCUT2D eigenvalue weighted by molar-refractivity contribution is 5.56. The lowest BCUT2D eigenvalue weighted by atomic mass is 10.2. The summed E-state index contributed by atoms with van der Waals surface area (Å²) in [7, 11) is 1.72. The molecule has 1 rings (SSSR count). The third-order valence-corrected chi connectivity index (χ3v) is 2.36. The zero-order chi connectivity index (χ0) is 11.3. The van der Waals surface area contributed by atoms with Gasteiger partial charge in [-0.1, -0.05) is 6.07 Å². The number of ether oxygens (including phenoxy) is 1. The Balaban J connectivity index is 2.79. The summed E-state index contributed by atoms with van der Waals surface area (Å²) in [6, 6.07) is 8.40. The molecule has 0 spiro atoms. The molecule has 1 aromatic carbocycles. The first-order valence-corrected chi connectivity index (χ1v) is 5.26. The van der Waals surface area contributed by atoms with E-state index in [9.17, 15) is 0 Å². The van der Waals surface area contributed by atoms with Gasteiger partial charge in [0.05, 0.1) is 6.61 Å². The highest BCUT2D eigenvalue weighted by Crippen LogP contribution is 2.19. The van der Waals surface area contributed by atoms with Gasteiger partial charge in [-0.05, 0) is 32.0 Å². The minimum atomic E-state index is 0.446. The van der Waals surface area contributed by atoms with E-state index in [4.69, 9.17) is 10.5 Å². The fraction of sp³-hybridized carbons (Fsp3) is 0.500. The third-order valence-electron chi connectivity index (χ3n) is 2.36. The van der Waals surface area contributed by atoms with Crippen LogP contribution in [-0.4, -0.2) is 26.3 Å². The van der Waals surface area contributed by atoms with Crippen molar-refractivity contribution in [3.05, 3.63) is 24.3 Å². The monoisotopic (exact) mass is 208 g/mol. The van der Waals surface area contributed by atoms with E-state index in [1.54, 1.807) is 7.11 Å². The Labute approximate surface area is 91.8 Å². The average molecular weight is 208 g/mol. The Morgan fingerprint density at radius 1 is 1.40 bits per heavy atom. The van der Waals surface area contributed by atoms with E-state index in [-0.39, 0.29) is 0 Å². The lowest BCUT2D eigenvalue weighted by molar-refractivity contribution is 0.204. The minimum Gasteiger partial charge on any atom is -0.399 e. The van der Waals surface area contributed by atoms with Crippen LogP contribution in [0, 0.1) is 0 Å².